The number of hydrogen-bond acceptors (Lipinski definition) is 5. The van der Waals surface area contributed by atoms with E-state index in [1.54, 1.807) is 6.07 Å². The maximum absolute atomic E-state index is 12.4. The first kappa shape index (κ1) is 12.1. The number of alkyl halides is 3. The normalized spacial score (nSPS) is 11.3. The zero-order valence-electron chi connectivity index (χ0n) is 8.85. The zero-order valence-corrected chi connectivity index (χ0v) is 8.85. The van der Waals surface area contributed by atoms with Gasteiger partial charge in [0.05, 0.1) is 6.20 Å². The van der Waals surface area contributed by atoms with E-state index in [0.29, 0.717) is 0 Å². The molecule has 0 fully saturated rings. The second-order valence-corrected chi connectivity index (χ2v) is 3.24. The van der Waals surface area contributed by atoms with Crippen molar-refractivity contribution >= 4 is 5.82 Å². The Labute approximate surface area is 99.5 Å². The number of ether oxygens (including phenoxy) is 1. The molecule has 2 N–H and O–H groups in total. The molecular formula is C10H7F3N4O. The molecule has 0 atom stereocenters. The minimum Gasteiger partial charge on any atom is -0.437 e. The smallest absolute Gasteiger partial charge is 0.437 e. The Morgan fingerprint density at radius 3 is 2.61 bits per heavy atom. The van der Waals surface area contributed by atoms with Crippen LogP contribution in [0.5, 0.6) is 11.6 Å². The quantitative estimate of drug-likeness (QED) is 0.892. The van der Waals surface area contributed by atoms with Crippen LogP contribution < -0.4 is 10.5 Å². The Morgan fingerprint density at radius 1 is 1.22 bits per heavy atom. The highest BCUT2D eigenvalue weighted by molar-refractivity contribution is 5.35. The molecule has 18 heavy (non-hydrogen) atoms. The van der Waals surface area contributed by atoms with Crippen molar-refractivity contribution in [2.45, 2.75) is 6.18 Å². The van der Waals surface area contributed by atoms with Crippen LogP contribution in [0, 0.1) is 0 Å². The molecule has 2 heterocycles. The zero-order chi connectivity index (χ0) is 13.2. The Hall–Kier alpha value is -2.38. The van der Waals surface area contributed by atoms with Crippen LogP contribution in [-0.4, -0.2) is 15.0 Å². The predicted molar refractivity (Wildman–Crippen MR) is 55.8 cm³/mol. The molecule has 0 aliphatic carbocycles. The lowest BCUT2D eigenvalue weighted by molar-refractivity contribution is -0.145. The molecule has 0 spiro atoms. The van der Waals surface area contributed by atoms with Crippen molar-refractivity contribution in [1.29, 1.82) is 0 Å². The summed E-state index contributed by atoms with van der Waals surface area (Å²) >= 11 is 0. The highest BCUT2D eigenvalue weighted by Crippen LogP contribution is 2.29. The molecule has 5 nitrogen and oxygen atoms in total. The number of halogens is 3. The third-order valence-corrected chi connectivity index (χ3v) is 1.83. The van der Waals surface area contributed by atoms with Gasteiger partial charge in [0.15, 0.2) is 0 Å². The van der Waals surface area contributed by atoms with Gasteiger partial charge in [-0.25, -0.2) is 4.98 Å². The van der Waals surface area contributed by atoms with E-state index < -0.39 is 12.0 Å². The first-order chi connectivity index (χ1) is 8.45. The van der Waals surface area contributed by atoms with Gasteiger partial charge in [0, 0.05) is 12.3 Å². The van der Waals surface area contributed by atoms with E-state index in [0.717, 1.165) is 6.07 Å². The maximum atomic E-state index is 12.4. The fraction of sp³-hybridized carbons (Fsp3) is 0.100. The molecule has 2 aromatic rings. The average molecular weight is 256 g/mol. The van der Waals surface area contributed by atoms with Gasteiger partial charge in [0.25, 0.3) is 0 Å². The average Bonchev–Trinajstić information content (AvgIpc) is 2.28. The number of aromatic nitrogens is 3. The molecule has 94 valence electrons. The number of hydrogen-bond donors (Lipinski definition) is 1. The van der Waals surface area contributed by atoms with Crippen molar-refractivity contribution in [3.05, 3.63) is 36.4 Å². The Kier molecular flexibility index (Phi) is 3.00. The third-order valence-electron chi connectivity index (χ3n) is 1.83. The molecule has 0 saturated heterocycles. The third kappa shape index (κ3) is 2.84. The SMILES string of the molecule is Nc1cc(Oc2cccnc2)nc(C(F)(F)F)n1. The maximum Gasteiger partial charge on any atom is 0.451 e. The van der Waals surface area contributed by atoms with Crippen molar-refractivity contribution in [2.75, 3.05) is 5.73 Å². The van der Waals surface area contributed by atoms with E-state index in [1.165, 1.54) is 18.5 Å². The molecule has 0 unspecified atom stereocenters. The van der Waals surface area contributed by atoms with Gasteiger partial charge in [-0.1, -0.05) is 0 Å². The Balaban J connectivity index is 2.32. The van der Waals surface area contributed by atoms with Crippen LogP contribution in [0.4, 0.5) is 19.0 Å². The van der Waals surface area contributed by atoms with Crippen LogP contribution in [0.3, 0.4) is 0 Å². The number of rotatable bonds is 2. The van der Waals surface area contributed by atoms with Gasteiger partial charge in [-0.05, 0) is 12.1 Å². The Bertz CT molecular complexity index is 545. The molecule has 2 aromatic heterocycles. The second kappa shape index (κ2) is 4.47. The number of pyridine rings is 1. The summed E-state index contributed by atoms with van der Waals surface area (Å²) in [5, 5.41) is 0. The summed E-state index contributed by atoms with van der Waals surface area (Å²) in [4.78, 5) is 10.1. The van der Waals surface area contributed by atoms with Crippen LogP contribution in [0.2, 0.25) is 0 Å². The van der Waals surface area contributed by atoms with Crippen LogP contribution >= 0.6 is 0 Å². The highest BCUT2D eigenvalue weighted by atomic mass is 19.4. The molecule has 0 aliphatic rings. The van der Waals surface area contributed by atoms with Crippen molar-refractivity contribution < 1.29 is 17.9 Å². The number of nitrogens with two attached hydrogens (primary N) is 1. The predicted octanol–water partition coefficient (Wildman–Crippen LogP) is 2.26. The van der Waals surface area contributed by atoms with Gasteiger partial charge < -0.3 is 10.5 Å². The number of nitrogens with zero attached hydrogens (tertiary/aromatic N) is 3. The van der Waals surface area contributed by atoms with Crippen LogP contribution in [0.25, 0.3) is 0 Å². The Morgan fingerprint density at radius 2 is 2.00 bits per heavy atom. The van der Waals surface area contributed by atoms with Crippen molar-refractivity contribution in [1.82, 2.24) is 15.0 Å². The highest BCUT2D eigenvalue weighted by Gasteiger charge is 2.35. The standard InChI is InChI=1S/C10H7F3N4O/c11-10(12,13)9-16-7(14)4-8(17-9)18-6-2-1-3-15-5-6/h1-5H,(H2,14,16,17). The van der Waals surface area contributed by atoms with Gasteiger partial charge in [-0.15, -0.1) is 0 Å². The molecule has 0 aromatic carbocycles. The van der Waals surface area contributed by atoms with Gasteiger partial charge in [0.1, 0.15) is 11.6 Å². The van der Waals surface area contributed by atoms with Crippen LogP contribution in [-0.2, 0) is 6.18 Å². The molecule has 0 bridgehead atoms. The van der Waals surface area contributed by atoms with E-state index in [9.17, 15) is 13.2 Å². The van der Waals surface area contributed by atoms with E-state index in [4.69, 9.17) is 10.5 Å². The fourth-order valence-electron chi connectivity index (χ4n) is 1.15. The van der Waals surface area contributed by atoms with Crippen LogP contribution in [0.1, 0.15) is 5.82 Å². The van der Waals surface area contributed by atoms with Crippen molar-refractivity contribution in [2.24, 2.45) is 0 Å². The lowest BCUT2D eigenvalue weighted by Gasteiger charge is -2.08. The molecule has 0 amide bonds. The van der Waals surface area contributed by atoms with Crippen LogP contribution in [0.15, 0.2) is 30.6 Å². The summed E-state index contributed by atoms with van der Waals surface area (Å²) in [5.41, 5.74) is 5.26. The lowest BCUT2D eigenvalue weighted by Crippen LogP contribution is -2.12. The monoisotopic (exact) mass is 256 g/mol. The van der Waals surface area contributed by atoms with E-state index in [2.05, 4.69) is 15.0 Å². The molecule has 8 heteroatoms. The second-order valence-electron chi connectivity index (χ2n) is 3.24. The molecule has 0 aliphatic heterocycles. The summed E-state index contributed by atoms with van der Waals surface area (Å²) in [5.74, 6) is -1.70. The summed E-state index contributed by atoms with van der Waals surface area (Å²) in [6.45, 7) is 0. The van der Waals surface area contributed by atoms with E-state index >= 15 is 0 Å². The minimum absolute atomic E-state index is 0.253. The summed E-state index contributed by atoms with van der Waals surface area (Å²) in [6, 6.07) is 4.20. The fourth-order valence-corrected chi connectivity index (χ4v) is 1.15. The topological polar surface area (TPSA) is 73.9 Å². The van der Waals surface area contributed by atoms with Crippen molar-refractivity contribution in [3.8, 4) is 11.6 Å². The molecular weight excluding hydrogens is 249 g/mol. The first-order valence-electron chi connectivity index (χ1n) is 4.75. The molecule has 0 radical (unpaired) electrons. The van der Waals surface area contributed by atoms with E-state index in [1.807, 2.05) is 0 Å². The summed E-state index contributed by atoms with van der Waals surface area (Å²) < 4.78 is 42.4. The number of nitrogen functional groups attached to an aromatic ring is 1. The van der Waals surface area contributed by atoms with Gasteiger partial charge >= 0.3 is 6.18 Å². The number of anilines is 1. The van der Waals surface area contributed by atoms with Gasteiger partial charge in [0.2, 0.25) is 11.7 Å². The molecule has 0 saturated carbocycles. The lowest BCUT2D eigenvalue weighted by atomic mass is 10.4. The first-order valence-corrected chi connectivity index (χ1v) is 4.75. The van der Waals surface area contributed by atoms with Crippen molar-refractivity contribution in [3.63, 3.8) is 0 Å². The van der Waals surface area contributed by atoms with Gasteiger partial charge in [-0.3, -0.25) is 4.98 Å². The van der Waals surface area contributed by atoms with E-state index in [-0.39, 0.29) is 17.4 Å². The molecule has 2 rings (SSSR count). The van der Waals surface area contributed by atoms with Gasteiger partial charge in [-0.2, -0.15) is 18.2 Å². The summed E-state index contributed by atoms with van der Waals surface area (Å²) in [6.07, 6.45) is -1.84. The summed E-state index contributed by atoms with van der Waals surface area (Å²) in [7, 11) is 0. The minimum atomic E-state index is -4.68. The largest absolute Gasteiger partial charge is 0.451 e.